The molecular formula is C18H21N5O3. The Morgan fingerprint density at radius 3 is 2.81 bits per heavy atom. The van der Waals surface area contributed by atoms with Gasteiger partial charge in [0.2, 0.25) is 5.91 Å². The summed E-state index contributed by atoms with van der Waals surface area (Å²) in [6, 6.07) is 6.94. The fraction of sp³-hybridized carbons (Fsp3) is 0.333. The number of nitrogens with zero attached hydrogens (tertiary/aromatic N) is 3. The zero-order valence-corrected chi connectivity index (χ0v) is 14.6. The van der Waals surface area contributed by atoms with Gasteiger partial charge in [-0.2, -0.15) is 0 Å². The Labute approximate surface area is 151 Å². The first-order valence-electron chi connectivity index (χ1n) is 8.52. The van der Waals surface area contributed by atoms with Crippen LogP contribution in [0.1, 0.15) is 18.7 Å². The molecule has 1 aliphatic rings. The second kappa shape index (κ2) is 7.81. The van der Waals surface area contributed by atoms with Gasteiger partial charge in [0.1, 0.15) is 5.82 Å². The molecule has 2 N–H and O–H groups in total. The molecule has 136 valence electrons. The topological polar surface area (TPSA) is 96.3 Å². The molecule has 3 rings (SSSR count). The lowest BCUT2D eigenvalue weighted by atomic mass is 10.2. The summed E-state index contributed by atoms with van der Waals surface area (Å²) in [6.07, 6.45) is 4.86. The highest BCUT2D eigenvalue weighted by atomic mass is 16.2. The number of nitrogens with one attached hydrogen (secondary N) is 2. The highest BCUT2D eigenvalue weighted by molar-refractivity contribution is 6.39. The lowest BCUT2D eigenvalue weighted by molar-refractivity contribution is -0.136. The van der Waals surface area contributed by atoms with Gasteiger partial charge in [-0.05, 0) is 31.5 Å². The van der Waals surface area contributed by atoms with E-state index in [1.54, 1.807) is 29.3 Å². The maximum Gasteiger partial charge on any atom is 0.313 e. The molecule has 8 heteroatoms. The van der Waals surface area contributed by atoms with E-state index in [-0.39, 0.29) is 5.91 Å². The van der Waals surface area contributed by atoms with Gasteiger partial charge in [-0.25, -0.2) is 4.98 Å². The third-order valence-electron chi connectivity index (χ3n) is 4.26. The average Bonchev–Trinajstić information content (AvgIpc) is 3.23. The molecule has 1 fully saturated rings. The second-order valence-corrected chi connectivity index (χ2v) is 6.08. The van der Waals surface area contributed by atoms with E-state index in [0.29, 0.717) is 31.7 Å². The van der Waals surface area contributed by atoms with Gasteiger partial charge in [-0.1, -0.05) is 6.07 Å². The Balaban J connectivity index is 1.53. The molecule has 0 aliphatic carbocycles. The summed E-state index contributed by atoms with van der Waals surface area (Å²) < 4.78 is 1.88. The number of rotatable bonds is 5. The highest BCUT2D eigenvalue weighted by Crippen LogP contribution is 2.24. The molecule has 0 spiro atoms. The molecule has 2 aromatic rings. The van der Waals surface area contributed by atoms with E-state index in [1.807, 2.05) is 23.8 Å². The molecule has 26 heavy (non-hydrogen) atoms. The number of imidazole rings is 1. The maximum absolute atomic E-state index is 12.0. The third kappa shape index (κ3) is 4.08. The smallest absolute Gasteiger partial charge is 0.313 e. The SMILES string of the molecule is Cc1nccn1CCNC(=O)C(=O)Nc1cccc(N2CCCC2=O)c1. The lowest BCUT2D eigenvalue weighted by Crippen LogP contribution is -2.37. The number of aromatic nitrogens is 2. The van der Waals surface area contributed by atoms with Gasteiger partial charge in [0, 0.05) is 49.8 Å². The van der Waals surface area contributed by atoms with E-state index in [0.717, 1.165) is 17.9 Å². The predicted molar refractivity (Wildman–Crippen MR) is 96.6 cm³/mol. The van der Waals surface area contributed by atoms with Crippen LogP contribution in [0.15, 0.2) is 36.7 Å². The number of carbonyl (C=O) groups is 3. The zero-order valence-electron chi connectivity index (χ0n) is 14.6. The van der Waals surface area contributed by atoms with Gasteiger partial charge in [0.25, 0.3) is 0 Å². The van der Waals surface area contributed by atoms with Crippen LogP contribution in [0.4, 0.5) is 11.4 Å². The zero-order chi connectivity index (χ0) is 18.5. The molecule has 1 aliphatic heterocycles. The number of amides is 3. The van der Waals surface area contributed by atoms with E-state index in [9.17, 15) is 14.4 Å². The van der Waals surface area contributed by atoms with Crippen molar-refractivity contribution in [3.63, 3.8) is 0 Å². The van der Waals surface area contributed by atoms with Crippen molar-refractivity contribution in [1.29, 1.82) is 0 Å². The van der Waals surface area contributed by atoms with Crippen LogP contribution in [0.3, 0.4) is 0 Å². The third-order valence-corrected chi connectivity index (χ3v) is 4.26. The Kier molecular flexibility index (Phi) is 5.31. The van der Waals surface area contributed by atoms with Crippen LogP contribution in [0.25, 0.3) is 0 Å². The highest BCUT2D eigenvalue weighted by Gasteiger charge is 2.22. The van der Waals surface area contributed by atoms with Gasteiger partial charge in [0.05, 0.1) is 0 Å². The first-order chi connectivity index (χ1) is 12.5. The van der Waals surface area contributed by atoms with Crippen molar-refractivity contribution in [3.8, 4) is 0 Å². The lowest BCUT2D eigenvalue weighted by Gasteiger charge is -2.16. The Morgan fingerprint density at radius 2 is 2.12 bits per heavy atom. The minimum Gasteiger partial charge on any atom is -0.346 e. The molecule has 3 amide bonds. The summed E-state index contributed by atoms with van der Waals surface area (Å²) in [5.41, 5.74) is 1.20. The van der Waals surface area contributed by atoms with Crippen molar-refractivity contribution in [2.75, 3.05) is 23.3 Å². The molecule has 0 atom stereocenters. The number of aryl methyl sites for hydroxylation is 1. The Morgan fingerprint density at radius 1 is 1.27 bits per heavy atom. The van der Waals surface area contributed by atoms with Crippen LogP contribution >= 0.6 is 0 Å². The van der Waals surface area contributed by atoms with Gasteiger partial charge >= 0.3 is 11.8 Å². The van der Waals surface area contributed by atoms with E-state index < -0.39 is 11.8 Å². The minimum atomic E-state index is -0.739. The number of carbonyl (C=O) groups excluding carboxylic acids is 3. The molecule has 1 saturated heterocycles. The van der Waals surface area contributed by atoms with Crippen LogP contribution in [-0.4, -0.2) is 40.4 Å². The summed E-state index contributed by atoms with van der Waals surface area (Å²) in [5.74, 6) is -0.527. The molecule has 1 aromatic carbocycles. The van der Waals surface area contributed by atoms with Gasteiger partial charge in [-0.15, -0.1) is 0 Å². The first kappa shape index (κ1) is 17.7. The molecule has 0 radical (unpaired) electrons. The van der Waals surface area contributed by atoms with Gasteiger partial charge in [0.15, 0.2) is 0 Å². The van der Waals surface area contributed by atoms with E-state index >= 15 is 0 Å². The van der Waals surface area contributed by atoms with Crippen molar-refractivity contribution < 1.29 is 14.4 Å². The van der Waals surface area contributed by atoms with Crippen LogP contribution in [-0.2, 0) is 20.9 Å². The van der Waals surface area contributed by atoms with Crippen LogP contribution < -0.4 is 15.5 Å². The molecule has 8 nitrogen and oxygen atoms in total. The standard InChI is InChI=1S/C18H21N5O3/c1-13-19-7-10-22(13)11-8-20-17(25)18(26)21-14-4-2-5-15(12-14)23-9-3-6-16(23)24/h2,4-5,7,10,12H,3,6,8-9,11H2,1H3,(H,20,25)(H,21,26). The summed E-state index contributed by atoms with van der Waals surface area (Å²) in [7, 11) is 0. The fourth-order valence-corrected chi connectivity index (χ4v) is 2.87. The summed E-state index contributed by atoms with van der Waals surface area (Å²) in [4.78, 5) is 41.6. The van der Waals surface area contributed by atoms with Crippen molar-refractivity contribution in [3.05, 3.63) is 42.5 Å². The Hall–Kier alpha value is -3.16. The summed E-state index contributed by atoms with van der Waals surface area (Å²) >= 11 is 0. The predicted octanol–water partition coefficient (Wildman–Crippen LogP) is 1.07. The molecule has 0 bridgehead atoms. The first-order valence-corrected chi connectivity index (χ1v) is 8.52. The van der Waals surface area contributed by atoms with Crippen molar-refractivity contribution >= 4 is 29.1 Å². The minimum absolute atomic E-state index is 0.0704. The fourth-order valence-electron chi connectivity index (χ4n) is 2.87. The average molecular weight is 355 g/mol. The van der Waals surface area contributed by atoms with Crippen LogP contribution in [0, 0.1) is 6.92 Å². The Bertz CT molecular complexity index is 830. The molecule has 1 aromatic heterocycles. The monoisotopic (exact) mass is 355 g/mol. The largest absolute Gasteiger partial charge is 0.346 e. The number of anilines is 2. The van der Waals surface area contributed by atoms with E-state index in [4.69, 9.17) is 0 Å². The molecular weight excluding hydrogens is 334 g/mol. The summed E-state index contributed by atoms with van der Waals surface area (Å²) in [5, 5.41) is 5.15. The van der Waals surface area contributed by atoms with Gasteiger partial charge in [-0.3, -0.25) is 14.4 Å². The molecule has 0 saturated carbocycles. The van der Waals surface area contributed by atoms with E-state index in [2.05, 4.69) is 15.6 Å². The van der Waals surface area contributed by atoms with Crippen molar-refractivity contribution in [2.45, 2.75) is 26.3 Å². The quantitative estimate of drug-likeness (QED) is 0.784. The van der Waals surface area contributed by atoms with Gasteiger partial charge < -0.3 is 20.1 Å². The second-order valence-electron chi connectivity index (χ2n) is 6.08. The van der Waals surface area contributed by atoms with Crippen molar-refractivity contribution in [1.82, 2.24) is 14.9 Å². The number of hydrogen-bond donors (Lipinski definition) is 2. The number of benzene rings is 1. The van der Waals surface area contributed by atoms with E-state index in [1.165, 1.54) is 0 Å². The molecule has 2 heterocycles. The number of hydrogen-bond acceptors (Lipinski definition) is 4. The van der Waals surface area contributed by atoms with Crippen LogP contribution in [0.2, 0.25) is 0 Å². The van der Waals surface area contributed by atoms with Crippen molar-refractivity contribution in [2.24, 2.45) is 0 Å². The normalized spacial score (nSPS) is 13.7. The summed E-state index contributed by atoms with van der Waals surface area (Å²) in [6.45, 7) is 3.40. The maximum atomic E-state index is 12.0. The van der Waals surface area contributed by atoms with Crippen LogP contribution in [0.5, 0.6) is 0 Å². The molecule has 0 unspecified atom stereocenters.